The van der Waals surface area contributed by atoms with Crippen LogP contribution in [-0.2, 0) is 17.8 Å². The van der Waals surface area contributed by atoms with Gasteiger partial charge in [0.15, 0.2) is 0 Å². The molecule has 1 atom stereocenters. The highest BCUT2D eigenvalue weighted by Gasteiger charge is 2.10. The number of hydrogen-bond acceptors (Lipinski definition) is 3. The summed E-state index contributed by atoms with van der Waals surface area (Å²) in [6, 6.07) is 10.0. The summed E-state index contributed by atoms with van der Waals surface area (Å²) in [5, 5.41) is 2.85. The zero-order valence-electron chi connectivity index (χ0n) is 12.7. The fourth-order valence-electron chi connectivity index (χ4n) is 2.18. The molecule has 0 saturated heterocycles. The molecule has 0 spiro atoms. The van der Waals surface area contributed by atoms with Crippen LogP contribution < -0.4 is 16.6 Å². The molecule has 0 bridgehead atoms. The Labute approximate surface area is 141 Å². The number of nitrogens with one attached hydrogen (secondary N) is 2. The third kappa shape index (κ3) is 5.21. The predicted octanol–water partition coefficient (Wildman–Crippen LogP) is 1.44. The van der Waals surface area contributed by atoms with Gasteiger partial charge in [-0.3, -0.25) is 19.1 Å². The average molecular weight is 380 g/mol. The van der Waals surface area contributed by atoms with Crippen molar-refractivity contribution in [1.82, 2.24) is 14.9 Å². The van der Waals surface area contributed by atoms with Gasteiger partial charge in [-0.25, -0.2) is 4.79 Å². The number of benzene rings is 1. The van der Waals surface area contributed by atoms with E-state index in [2.05, 4.69) is 26.2 Å². The summed E-state index contributed by atoms with van der Waals surface area (Å²) in [6.45, 7) is 1.79. The summed E-state index contributed by atoms with van der Waals surface area (Å²) in [7, 11) is 0. The molecule has 2 N–H and O–H groups in total. The monoisotopic (exact) mass is 379 g/mol. The second kappa shape index (κ2) is 7.92. The summed E-state index contributed by atoms with van der Waals surface area (Å²) < 4.78 is 1.37. The Morgan fingerprint density at radius 1 is 1.30 bits per heavy atom. The number of halogens is 1. The first-order valence-electron chi connectivity index (χ1n) is 7.28. The molecule has 1 heterocycles. The molecule has 0 unspecified atom stereocenters. The maximum atomic E-state index is 12.0. The Kier molecular flexibility index (Phi) is 5.92. The van der Waals surface area contributed by atoms with E-state index < -0.39 is 11.2 Å². The van der Waals surface area contributed by atoms with Crippen LogP contribution in [-0.4, -0.2) is 21.5 Å². The summed E-state index contributed by atoms with van der Waals surface area (Å²) >= 11 is 3.04. The molecule has 1 aromatic heterocycles. The van der Waals surface area contributed by atoms with Crippen molar-refractivity contribution in [3.05, 3.63) is 67.4 Å². The van der Waals surface area contributed by atoms with Crippen LogP contribution in [0.2, 0.25) is 0 Å². The van der Waals surface area contributed by atoms with Crippen molar-refractivity contribution in [2.45, 2.75) is 32.4 Å². The molecule has 0 aliphatic heterocycles. The standard InChI is InChI=1S/C16H18BrN3O3/c1-11(7-8-12-5-3-2-4-6-12)18-14(21)10-20-9-13(17)15(22)19-16(20)23/h2-6,9,11H,7-8,10H2,1H3,(H,18,21)(H,19,22,23)/t11-/m0/s1. The first kappa shape index (κ1) is 17.2. The normalized spacial score (nSPS) is 11.9. The van der Waals surface area contributed by atoms with Crippen molar-refractivity contribution in [2.75, 3.05) is 0 Å². The second-order valence-electron chi connectivity index (χ2n) is 5.36. The first-order valence-corrected chi connectivity index (χ1v) is 8.07. The molecular formula is C16H18BrN3O3. The van der Waals surface area contributed by atoms with Crippen molar-refractivity contribution in [2.24, 2.45) is 0 Å². The number of aromatic nitrogens is 2. The zero-order valence-corrected chi connectivity index (χ0v) is 14.3. The van der Waals surface area contributed by atoms with Crippen molar-refractivity contribution < 1.29 is 4.79 Å². The van der Waals surface area contributed by atoms with Gasteiger partial charge in [-0.2, -0.15) is 0 Å². The largest absolute Gasteiger partial charge is 0.352 e. The number of carbonyl (C=O) groups excluding carboxylic acids is 1. The van der Waals surface area contributed by atoms with E-state index in [0.717, 1.165) is 17.4 Å². The van der Waals surface area contributed by atoms with Gasteiger partial charge in [0, 0.05) is 12.2 Å². The Morgan fingerprint density at radius 3 is 2.70 bits per heavy atom. The number of amides is 1. The maximum Gasteiger partial charge on any atom is 0.328 e. The van der Waals surface area contributed by atoms with Gasteiger partial charge in [0.05, 0.1) is 4.47 Å². The third-order valence-corrected chi connectivity index (χ3v) is 3.96. The fourth-order valence-corrected chi connectivity index (χ4v) is 2.52. The molecular weight excluding hydrogens is 362 g/mol. The molecule has 0 fully saturated rings. The lowest BCUT2D eigenvalue weighted by Gasteiger charge is -2.14. The number of carbonyl (C=O) groups is 1. The molecule has 1 aromatic carbocycles. The van der Waals surface area contributed by atoms with E-state index >= 15 is 0 Å². The van der Waals surface area contributed by atoms with Crippen molar-refractivity contribution >= 4 is 21.8 Å². The average Bonchev–Trinajstić information content (AvgIpc) is 2.51. The summed E-state index contributed by atoms with van der Waals surface area (Å²) in [6.07, 6.45) is 2.99. The molecule has 2 rings (SSSR count). The Morgan fingerprint density at radius 2 is 2.00 bits per heavy atom. The van der Waals surface area contributed by atoms with E-state index in [-0.39, 0.29) is 23.0 Å². The van der Waals surface area contributed by atoms with Crippen molar-refractivity contribution in [1.29, 1.82) is 0 Å². The summed E-state index contributed by atoms with van der Waals surface area (Å²) in [4.78, 5) is 37.0. The molecule has 0 radical (unpaired) electrons. The minimum Gasteiger partial charge on any atom is -0.352 e. The quantitative estimate of drug-likeness (QED) is 0.796. The summed E-state index contributed by atoms with van der Waals surface area (Å²) in [5.74, 6) is -0.272. The van der Waals surface area contributed by atoms with Gasteiger partial charge in [-0.05, 0) is 41.3 Å². The minimum absolute atomic E-state index is 0.00962. The van der Waals surface area contributed by atoms with E-state index in [1.54, 1.807) is 0 Å². The van der Waals surface area contributed by atoms with Crippen molar-refractivity contribution in [3.8, 4) is 0 Å². The number of aryl methyl sites for hydroxylation is 1. The van der Waals surface area contributed by atoms with E-state index in [4.69, 9.17) is 0 Å². The highest BCUT2D eigenvalue weighted by atomic mass is 79.9. The van der Waals surface area contributed by atoms with Gasteiger partial charge in [0.1, 0.15) is 6.54 Å². The van der Waals surface area contributed by atoms with Crippen LogP contribution >= 0.6 is 15.9 Å². The highest BCUT2D eigenvalue weighted by Crippen LogP contribution is 2.05. The predicted molar refractivity (Wildman–Crippen MR) is 91.4 cm³/mol. The number of hydrogen-bond donors (Lipinski definition) is 2. The molecule has 23 heavy (non-hydrogen) atoms. The van der Waals surface area contributed by atoms with Crippen LogP contribution in [0.5, 0.6) is 0 Å². The zero-order chi connectivity index (χ0) is 16.8. The Bertz CT molecular complexity index is 783. The fraction of sp³-hybridized carbons (Fsp3) is 0.312. The molecule has 6 nitrogen and oxygen atoms in total. The lowest BCUT2D eigenvalue weighted by Crippen LogP contribution is -2.39. The van der Waals surface area contributed by atoms with Crippen LogP contribution in [0.15, 0.2) is 50.6 Å². The third-order valence-electron chi connectivity index (χ3n) is 3.40. The van der Waals surface area contributed by atoms with Crippen LogP contribution in [0, 0.1) is 0 Å². The lowest BCUT2D eigenvalue weighted by molar-refractivity contribution is -0.122. The molecule has 0 aliphatic rings. The molecule has 122 valence electrons. The number of rotatable bonds is 6. The minimum atomic E-state index is -0.606. The number of aromatic amines is 1. The van der Waals surface area contributed by atoms with E-state index in [1.165, 1.54) is 11.8 Å². The smallest absolute Gasteiger partial charge is 0.328 e. The maximum absolute atomic E-state index is 12.0. The molecule has 0 aliphatic carbocycles. The number of H-pyrrole nitrogens is 1. The lowest BCUT2D eigenvalue weighted by atomic mass is 10.1. The number of nitrogens with zero attached hydrogens (tertiary/aromatic N) is 1. The van der Waals surface area contributed by atoms with Crippen molar-refractivity contribution in [3.63, 3.8) is 0 Å². The van der Waals surface area contributed by atoms with Gasteiger partial charge < -0.3 is 5.32 Å². The Hall–Kier alpha value is -2.15. The topological polar surface area (TPSA) is 84.0 Å². The van der Waals surface area contributed by atoms with Crippen LogP contribution in [0.1, 0.15) is 18.9 Å². The van der Waals surface area contributed by atoms with Gasteiger partial charge in [0.25, 0.3) is 5.56 Å². The SMILES string of the molecule is C[C@@H](CCc1ccccc1)NC(=O)Cn1cc(Br)c(=O)[nH]c1=O. The first-order chi connectivity index (χ1) is 11.0. The summed E-state index contributed by atoms with van der Waals surface area (Å²) in [5.41, 5.74) is 0.0996. The van der Waals surface area contributed by atoms with Crippen LogP contribution in [0.25, 0.3) is 0 Å². The van der Waals surface area contributed by atoms with Gasteiger partial charge in [-0.15, -0.1) is 0 Å². The highest BCUT2D eigenvalue weighted by molar-refractivity contribution is 9.10. The van der Waals surface area contributed by atoms with Gasteiger partial charge in [-0.1, -0.05) is 30.3 Å². The van der Waals surface area contributed by atoms with E-state index in [9.17, 15) is 14.4 Å². The Balaban J connectivity index is 1.88. The van der Waals surface area contributed by atoms with E-state index in [0.29, 0.717) is 0 Å². The second-order valence-corrected chi connectivity index (χ2v) is 6.21. The van der Waals surface area contributed by atoms with Gasteiger partial charge >= 0.3 is 5.69 Å². The molecule has 2 aromatic rings. The molecule has 1 amide bonds. The molecule has 7 heteroatoms. The van der Waals surface area contributed by atoms with Crippen LogP contribution in [0.4, 0.5) is 0 Å². The van der Waals surface area contributed by atoms with Crippen LogP contribution in [0.3, 0.4) is 0 Å². The molecule has 0 saturated carbocycles. The van der Waals surface area contributed by atoms with Gasteiger partial charge in [0.2, 0.25) is 5.91 Å². The van der Waals surface area contributed by atoms with E-state index in [1.807, 2.05) is 37.3 Å².